The normalized spacial score (nSPS) is 11.4. The molecule has 0 atom stereocenters. The third-order valence-electron chi connectivity index (χ3n) is 1.54. The van der Waals surface area contributed by atoms with Gasteiger partial charge in [0.05, 0.1) is 6.54 Å². The van der Waals surface area contributed by atoms with Gasteiger partial charge in [0, 0.05) is 6.07 Å². The molecule has 0 radical (unpaired) electrons. The van der Waals surface area contributed by atoms with Gasteiger partial charge in [0.2, 0.25) is 0 Å². The lowest BCUT2D eigenvalue weighted by atomic mass is 10.3. The molecule has 0 aliphatic carbocycles. The van der Waals surface area contributed by atoms with Crippen LogP contribution >= 0.6 is 0 Å². The summed E-state index contributed by atoms with van der Waals surface area (Å²) in [4.78, 5) is 0. The van der Waals surface area contributed by atoms with Crippen LogP contribution in [0.5, 0.6) is 5.75 Å². The molecular formula is C9H10F3NO. The molecule has 2 nitrogen and oxygen atoms in total. The van der Waals surface area contributed by atoms with Crippen molar-refractivity contribution in [1.82, 2.24) is 0 Å². The van der Waals surface area contributed by atoms with Crippen molar-refractivity contribution in [3.8, 4) is 5.75 Å². The molecule has 0 aliphatic rings. The summed E-state index contributed by atoms with van der Waals surface area (Å²) in [5, 5.41) is 0. The highest BCUT2D eigenvalue weighted by atomic mass is 19.3. The van der Waals surface area contributed by atoms with E-state index in [1.54, 1.807) is 0 Å². The summed E-state index contributed by atoms with van der Waals surface area (Å²) in [6.07, 6.45) is 0. The van der Waals surface area contributed by atoms with Gasteiger partial charge in [-0.25, -0.2) is 13.2 Å². The Morgan fingerprint density at radius 3 is 2.64 bits per heavy atom. The number of alkyl halides is 2. The van der Waals surface area contributed by atoms with Crippen LogP contribution in [-0.4, -0.2) is 19.1 Å². The Morgan fingerprint density at radius 1 is 1.36 bits per heavy atom. The molecule has 0 bridgehead atoms. The minimum absolute atomic E-state index is 0.0677. The van der Waals surface area contributed by atoms with Crippen LogP contribution < -0.4 is 10.5 Å². The van der Waals surface area contributed by atoms with Gasteiger partial charge in [-0.1, -0.05) is 6.07 Å². The molecule has 1 aromatic carbocycles. The van der Waals surface area contributed by atoms with E-state index in [2.05, 4.69) is 4.74 Å². The van der Waals surface area contributed by atoms with Crippen molar-refractivity contribution < 1.29 is 17.9 Å². The van der Waals surface area contributed by atoms with Gasteiger partial charge in [0.25, 0.3) is 5.92 Å². The number of hydrogen-bond acceptors (Lipinski definition) is 2. The fourth-order valence-electron chi connectivity index (χ4n) is 0.805. The van der Waals surface area contributed by atoms with Crippen LogP contribution in [0.3, 0.4) is 0 Å². The Bertz CT molecular complexity index is 304. The zero-order valence-electron chi connectivity index (χ0n) is 7.34. The number of benzene rings is 1. The van der Waals surface area contributed by atoms with Gasteiger partial charge < -0.3 is 10.5 Å². The molecule has 1 aromatic rings. The zero-order chi connectivity index (χ0) is 10.6. The van der Waals surface area contributed by atoms with Crippen LogP contribution in [0.25, 0.3) is 0 Å². The smallest absolute Gasteiger partial charge is 0.293 e. The molecule has 0 amide bonds. The van der Waals surface area contributed by atoms with Crippen molar-refractivity contribution in [1.29, 1.82) is 0 Å². The van der Waals surface area contributed by atoms with Crippen LogP contribution in [0.2, 0.25) is 0 Å². The van der Waals surface area contributed by atoms with Gasteiger partial charge in [0.1, 0.15) is 11.6 Å². The second-order valence-electron chi connectivity index (χ2n) is 2.81. The van der Waals surface area contributed by atoms with E-state index in [-0.39, 0.29) is 5.75 Å². The molecule has 78 valence electrons. The number of rotatable bonds is 4. The van der Waals surface area contributed by atoms with Gasteiger partial charge in [-0.3, -0.25) is 0 Å². The maximum absolute atomic E-state index is 12.6. The summed E-state index contributed by atoms with van der Waals surface area (Å²) >= 11 is 0. The van der Waals surface area contributed by atoms with E-state index in [1.807, 2.05) is 0 Å². The van der Waals surface area contributed by atoms with E-state index in [1.165, 1.54) is 18.2 Å². The fourth-order valence-corrected chi connectivity index (χ4v) is 0.805. The summed E-state index contributed by atoms with van der Waals surface area (Å²) in [7, 11) is 0. The van der Waals surface area contributed by atoms with Crippen molar-refractivity contribution in [2.24, 2.45) is 5.73 Å². The average Bonchev–Trinajstić information content (AvgIpc) is 2.15. The maximum Gasteiger partial charge on any atom is 0.293 e. The van der Waals surface area contributed by atoms with Crippen molar-refractivity contribution >= 4 is 0 Å². The Balaban J connectivity index is 2.54. The van der Waals surface area contributed by atoms with Crippen molar-refractivity contribution in [3.05, 3.63) is 30.1 Å². The third kappa shape index (κ3) is 3.26. The number of ether oxygens (including phenoxy) is 1. The molecule has 5 heteroatoms. The van der Waals surface area contributed by atoms with Crippen molar-refractivity contribution in [2.45, 2.75) is 5.92 Å². The lowest BCUT2D eigenvalue weighted by molar-refractivity contribution is -0.0320. The molecular weight excluding hydrogens is 195 g/mol. The maximum atomic E-state index is 12.6. The second-order valence-corrected chi connectivity index (χ2v) is 2.81. The van der Waals surface area contributed by atoms with Crippen LogP contribution in [0, 0.1) is 5.82 Å². The van der Waals surface area contributed by atoms with Crippen LogP contribution in [0.15, 0.2) is 24.3 Å². The van der Waals surface area contributed by atoms with Gasteiger partial charge in [0.15, 0.2) is 6.61 Å². The molecule has 0 aliphatic heterocycles. The second kappa shape index (κ2) is 4.32. The van der Waals surface area contributed by atoms with Crippen LogP contribution in [-0.2, 0) is 0 Å². The predicted molar refractivity (Wildman–Crippen MR) is 45.9 cm³/mol. The van der Waals surface area contributed by atoms with Gasteiger partial charge >= 0.3 is 0 Å². The van der Waals surface area contributed by atoms with Crippen molar-refractivity contribution in [2.75, 3.05) is 13.2 Å². The predicted octanol–water partition coefficient (Wildman–Crippen LogP) is 1.80. The highest BCUT2D eigenvalue weighted by molar-refractivity contribution is 5.22. The quantitative estimate of drug-likeness (QED) is 0.813. The Kier molecular flexibility index (Phi) is 3.35. The third-order valence-corrected chi connectivity index (χ3v) is 1.54. The summed E-state index contributed by atoms with van der Waals surface area (Å²) in [6.45, 7) is -1.63. The van der Waals surface area contributed by atoms with Gasteiger partial charge in [-0.2, -0.15) is 0 Å². The summed E-state index contributed by atoms with van der Waals surface area (Å²) < 4.78 is 42.4. The first-order valence-electron chi connectivity index (χ1n) is 4.00. The van der Waals surface area contributed by atoms with E-state index in [0.29, 0.717) is 0 Å². The van der Waals surface area contributed by atoms with Gasteiger partial charge in [-0.15, -0.1) is 0 Å². The first kappa shape index (κ1) is 10.8. The molecule has 2 N–H and O–H groups in total. The van der Waals surface area contributed by atoms with E-state index in [9.17, 15) is 13.2 Å². The highest BCUT2D eigenvalue weighted by Gasteiger charge is 2.27. The average molecular weight is 205 g/mol. The SMILES string of the molecule is NCC(F)(F)COc1cccc(F)c1. The van der Waals surface area contributed by atoms with E-state index in [4.69, 9.17) is 5.73 Å². The molecule has 14 heavy (non-hydrogen) atoms. The molecule has 0 spiro atoms. The molecule has 0 unspecified atom stereocenters. The van der Waals surface area contributed by atoms with E-state index >= 15 is 0 Å². The number of halogens is 3. The first-order chi connectivity index (χ1) is 6.53. The Labute approximate surface area is 79.5 Å². The minimum Gasteiger partial charge on any atom is -0.487 e. The molecule has 0 fully saturated rings. The van der Waals surface area contributed by atoms with Crippen molar-refractivity contribution in [3.63, 3.8) is 0 Å². The summed E-state index contributed by atoms with van der Waals surface area (Å²) in [5.41, 5.74) is 4.80. The highest BCUT2D eigenvalue weighted by Crippen LogP contribution is 2.16. The molecule has 0 saturated heterocycles. The fraction of sp³-hybridized carbons (Fsp3) is 0.333. The largest absolute Gasteiger partial charge is 0.487 e. The van der Waals surface area contributed by atoms with E-state index in [0.717, 1.165) is 6.07 Å². The minimum atomic E-state index is -3.08. The molecule has 0 saturated carbocycles. The van der Waals surface area contributed by atoms with Crippen LogP contribution in [0.1, 0.15) is 0 Å². The summed E-state index contributed by atoms with van der Waals surface area (Å²) in [5.74, 6) is -3.54. The molecule has 1 rings (SSSR count). The Morgan fingerprint density at radius 2 is 2.07 bits per heavy atom. The monoisotopic (exact) mass is 205 g/mol. The molecule has 0 heterocycles. The number of hydrogen-bond donors (Lipinski definition) is 1. The summed E-state index contributed by atoms with van der Waals surface area (Å²) in [6, 6.07) is 5.02. The van der Waals surface area contributed by atoms with Gasteiger partial charge in [-0.05, 0) is 12.1 Å². The molecule has 0 aromatic heterocycles. The van der Waals surface area contributed by atoms with Crippen LogP contribution in [0.4, 0.5) is 13.2 Å². The first-order valence-corrected chi connectivity index (χ1v) is 4.00. The van der Waals surface area contributed by atoms with E-state index < -0.39 is 24.9 Å². The zero-order valence-corrected chi connectivity index (χ0v) is 7.34. The number of nitrogens with two attached hydrogens (primary N) is 1. The lowest BCUT2D eigenvalue weighted by Gasteiger charge is -2.14. The lowest BCUT2D eigenvalue weighted by Crippen LogP contribution is -2.34. The Hall–Kier alpha value is -1.23. The topological polar surface area (TPSA) is 35.2 Å². The standard InChI is InChI=1S/C9H10F3NO/c10-7-2-1-3-8(4-7)14-6-9(11,12)5-13/h1-4H,5-6,13H2.